The Hall–Kier alpha value is -0.580. The van der Waals surface area contributed by atoms with Crippen molar-refractivity contribution in [2.45, 2.75) is 58.6 Å². The van der Waals surface area contributed by atoms with Crippen LogP contribution in [0.1, 0.15) is 57.7 Å². The summed E-state index contributed by atoms with van der Waals surface area (Å²) in [7, 11) is 1.85. The normalized spacial score (nSPS) is 12.4. The quantitative estimate of drug-likeness (QED) is 0.811. The molecule has 0 aliphatic carbocycles. The van der Waals surface area contributed by atoms with E-state index >= 15 is 0 Å². The lowest BCUT2D eigenvalue weighted by atomic mass is 9.97. The Morgan fingerprint density at radius 3 is 2.42 bits per heavy atom. The van der Waals surface area contributed by atoms with Gasteiger partial charge in [0.15, 0.2) is 0 Å². The van der Waals surface area contributed by atoms with Crippen LogP contribution in [-0.2, 0) is 13.6 Å². The summed E-state index contributed by atoms with van der Waals surface area (Å²) in [5.74, 6) is 0.340. The van der Waals surface area contributed by atoms with Crippen molar-refractivity contribution in [2.24, 2.45) is 7.05 Å². The molecule has 0 amide bonds. The highest BCUT2D eigenvalue weighted by Crippen LogP contribution is 2.25. The number of nitrogens with one attached hydrogen (secondary N) is 1. The van der Waals surface area contributed by atoms with Crippen molar-refractivity contribution in [3.05, 3.63) is 16.4 Å². The largest absolute Gasteiger partial charge is 0.389 e. The van der Waals surface area contributed by atoms with E-state index in [0.29, 0.717) is 24.2 Å². The summed E-state index contributed by atoms with van der Waals surface area (Å²) in [5.41, 5.74) is 1.43. The van der Waals surface area contributed by atoms with Gasteiger partial charge in [-0.25, -0.2) is 0 Å². The van der Waals surface area contributed by atoms with Gasteiger partial charge in [-0.15, -0.1) is 0 Å². The maximum Gasteiger partial charge on any atom is 0.131 e. The van der Waals surface area contributed by atoms with Gasteiger partial charge in [0.2, 0.25) is 0 Å². The summed E-state index contributed by atoms with van der Waals surface area (Å²) < 4.78 is 1.71. The first-order valence-electron chi connectivity index (χ1n) is 6.99. The van der Waals surface area contributed by atoms with Gasteiger partial charge in [-0.05, 0) is 18.8 Å². The average molecular weight is 288 g/mol. The Morgan fingerprint density at radius 2 is 1.95 bits per heavy atom. The van der Waals surface area contributed by atoms with Crippen LogP contribution in [-0.4, -0.2) is 27.0 Å². The third-order valence-corrected chi connectivity index (χ3v) is 4.19. The summed E-state index contributed by atoms with van der Waals surface area (Å²) in [6, 6.07) is 0. The molecule has 0 spiro atoms. The summed E-state index contributed by atoms with van der Waals surface area (Å²) in [6.07, 6.45) is 1.49. The van der Waals surface area contributed by atoms with Gasteiger partial charge in [-0.1, -0.05) is 39.3 Å². The second kappa shape index (κ2) is 6.73. The molecule has 0 saturated carbocycles. The third-order valence-electron chi connectivity index (χ3n) is 3.72. The summed E-state index contributed by atoms with van der Waals surface area (Å²) in [5, 5.41) is 18.7. The Bertz CT molecular complexity index is 411. The predicted octanol–water partition coefficient (Wildman–Crippen LogP) is 2.84. The van der Waals surface area contributed by atoms with Crippen molar-refractivity contribution in [3.8, 4) is 0 Å². The van der Waals surface area contributed by atoms with Crippen molar-refractivity contribution in [2.75, 3.05) is 6.54 Å². The molecule has 1 rings (SSSR count). The first-order chi connectivity index (χ1) is 8.84. The summed E-state index contributed by atoms with van der Waals surface area (Å²) in [6.45, 7) is 9.43. The van der Waals surface area contributed by atoms with E-state index in [1.54, 1.807) is 4.68 Å². The van der Waals surface area contributed by atoms with Gasteiger partial charge in [-0.2, -0.15) is 5.10 Å². The van der Waals surface area contributed by atoms with E-state index in [2.05, 4.69) is 24.3 Å². The zero-order valence-corrected chi connectivity index (χ0v) is 13.4. The molecule has 1 aromatic heterocycles. The molecule has 2 N–H and O–H groups in total. The maximum absolute atomic E-state index is 10.2. The fourth-order valence-electron chi connectivity index (χ4n) is 2.11. The van der Waals surface area contributed by atoms with Gasteiger partial charge in [0.25, 0.3) is 0 Å². The minimum absolute atomic E-state index is 0.340. The number of aryl methyl sites for hydroxylation is 1. The fraction of sp³-hybridized carbons (Fsp3) is 0.786. The lowest BCUT2D eigenvalue weighted by molar-refractivity contribution is 0.0323. The molecule has 0 unspecified atom stereocenters. The highest BCUT2D eigenvalue weighted by molar-refractivity contribution is 6.30. The maximum atomic E-state index is 10.2. The average Bonchev–Trinajstić information content (AvgIpc) is 2.67. The molecule has 0 aliphatic heterocycles. The molecule has 0 aliphatic rings. The predicted molar refractivity (Wildman–Crippen MR) is 79.5 cm³/mol. The van der Waals surface area contributed by atoms with Crippen LogP contribution in [0.15, 0.2) is 0 Å². The van der Waals surface area contributed by atoms with E-state index in [1.165, 1.54) is 0 Å². The Kier molecular flexibility index (Phi) is 5.83. The molecule has 0 bridgehead atoms. The van der Waals surface area contributed by atoms with Crippen LogP contribution in [0.25, 0.3) is 0 Å². The zero-order valence-electron chi connectivity index (χ0n) is 12.6. The second-order valence-corrected chi connectivity index (χ2v) is 5.83. The smallest absolute Gasteiger partial charge is 0.131 e. The van der Waals surface area contributed by atoms with Gasteiger partial charge in [0, 0.05) is 25.7 Å². The van der Waals surface area contributed by atoms with Crippen LogP contribution in [0.4, 0.5) is 0 Å². The minimum Gasteiger partial charge on any atom is -0.389 e. The van der Waals surface area contributed by atoms with Crippen molar-refractivity contribution in [1.82, 2.24) is 15.1 Å². The molecule has 4 nitrogen and oxygen atoms in total. The Labute approximate surface area is 121 Å². The van der Waals surface area contributed by atoms with Gasteiger partial charge in [-0.3, -0.25) is 4.68 Å². The number of aliphatic hydroxyl groups is 1. The van der Waals surface area contributed by atoms with Gasteiger partial charge in [0.1, 0.15) is 5.15 Å². The topological polar surface area (TPSA) is 50.1 Å². The number of hydrogen-bond donors (Lipinski definition) is 2. The van der Waals surface area contributed by atoms with Crippen LogP contribution in [0.2, 0.25) is 5.15 Å². The second-order valence-electron chi connectivity index (χ2n) is 5.47. The van der Waals surface area contributed by atoms with Gasteiger partial charge >= 0.3 is 0 Å². The van der Waals surface area contributed by atoms with Crippen LogP contribution in [0.5, 0.6) is 0 Å². The molecule has 0 aromatic carbocycles. The molecule has 19 heavy (non-hydrogen) atoms. The van der Waals surface area contributed by atoms with Crippen LogP contribution in [0.3, 0.4) is 0 Å². The van der Waals surface area contributed by atoms with E-state index in [-0.39, 0.29) is 0 Å². The SMILES string of the molecule is CCC(O)(CC)CNCc1c(C(C)C)nn(C)c1Cl. The zero-order chi connectivity index (χ0) is 14.6. The fourth-order valence-corrected chi connectivity index (χ4v) is 2.32. The van der Waals surface area contributed by atoms with E-state index in [1.807, 2.05) is 20.9 Å². The third kappa shape index (κ3) is 3.94. The molecule has 1 aromatic rings. The number of nitrogens with zero attached hydrogens (tertiary/aromatic N) is 2. The molecular formula is C14H26ClN3O. The molecule has 0 radical (unpaired) electrons. The number of aromatic nitrogens is 2. The molecule has 1 heterocycles. The first kappa shape index (κ1) is 16.5. The van der Waals surface area contributed by atoms with Crippen molar-refractivity contribution >= 4 is 11.6 Å². The van der Waals surface area contributed by atoms with E-state index < -0.39 is 5.60 Å². The van der Waals surface area contributed by atoms with Crippen molar-refractivity contribution in [3.63, 3.8) is 0 Å². The van der Waals surface area contributed by atoms with Crippen molar-refractivity contribution in [1.29, 1.82) is 0 Å². The highest BCUT2D eigenvalue weighted by atomic mass is 35.5. The Balaban J connectivity index is 2.73. The lowest BCUT2D eigenvalue weighted by Gasteiger charge is -2.25. The Morgan fingerprint density at radius 1 is 1.37 bits per heavy atom. The van der Waals surface area contributed by atoms with Gasteiger partial charge < -0.3 is 10.4 Å². The minimum atomic E-state index is -0.632. The number of rotatable bonds is 7. The number of hydrogen-bond acceptors (Lipinski definition) is 3. The molecular weight excluding hydrogens is 262 g/mol. The monoisotopic (exact) mass is 287 g/mol. The standard InChI is InChI=1S/C14H26ClN3O/c1-6-14(19,7-2)9-16-8-11-12(10(3)4)17-18(5)13(11)15/h10,16,19H,6-9H2,1-5H3. The van der Waals surface area contributed by atoms with Crippen molar-refractivity contribution < 1.29 is 5.11 Å². The summed E-state index contributed by atoms with van der Waals surface area (Å²) >= 11 is 6.27. The molecule has 0 fully saturated rings. The molecule has 5 heteroatoms. The van der Waals surface area contributed by atoms with Crippen LogP contribution in [0, 0.1) is 0 Å². The van der Waals surface area contributed by atoms with E-state index in [4.69, 9.17) is 11.6 Å². The van der Waals surface area contributed by atoms with Crippen LogP contribution < -0.4 is 5.32 Å². The highest BCUT2D eigenvalue weighted by Gasteiger charge is 2.22. The van der Waals surface area contributed by atoms with Crippen LogP contribution >= 0.6 is 11.6 Å². The first-order valence-corrected chi connectivity index (χ1v) is 7.36. The number of halogens is 1. The summed E-state index contributed by atoms with van der Waals surface area (Å²) in [4.78, 5) is 0. The van der Waals surface area contributed by atoms with E-state index in [9.17, 15) is 5.11 Å². The molecule has 0 saturated heterocycles. The van der Waals surface area contributed by atoms with E-state index in [0.717, 1.165) is 24.1 Å². The lowest BCUT2D eigenvalue weighted by Crippen LogP contribution is -2.39. The molecule has 0 atom stereocenters. The van der Waals surface area contributed by atoms with Gasteiger partial charge in [0.05, 0.1) is 11.3 Å². The molecule has 110 valence electrons.